The highest BCUT2D eigenvalue weighted by Gasteiger charge is 2.14. The summed E-state index contributed by atoms with van der Waals surface area (Å²) in [6.45, 7) is 5.51. The Kier molecular flexibility index (Phi) is 3.69. The lowest BCUT2D eigenvalue weighted by Gasteiger charge is -2.08. The van der Waals surface area contributed by atoms with E-state index in [1.165, 1.54) is 10.9 Å². The van der Waals surface area contributed by atoms with Crippen LogP contribution in [0.15, 0.2) is 33.8 Å². The van der Waals surface area contributed by atoms with E-state index < -0.39 is 0 Å². The maximum Gasteiger partial charge on any atom is 0.267 e. The molecule has 2 aromatic heterocycles. The van der Waals surface area contributed by atoms with E-state index in [0.717, 1.165) is 11.1 Å². The van der Waals surface area contributed by atoms with Crippen LogP contribution in [0.1, 0.15) is 16.8 Å². The third-order valence-corrected chi connectivity index (χ3v) is 3.74. The molecule has 1 amide bonds. The first-order valence-electron chi connectivity index (χ1n) is 7.14. The molecular formula is C16H16N4O3. The minimum absolute atomic E-state index is 0.126. The lowest BCUT2D eigenvalue weighted by Crippen LogP contribution is -2.27. The van der Waals surface area contributed by atoms with Gasteiger partial charge in [-0.1, -0.05) is 11.2 Å². The molecule has 0 radical (unpaired) electrons. The van der Waals surface area contributed by atoms with Gasteiger partial charge in [0, 0.05) is 5.69 Å². The fourth-order valence-corrected chi connectivity index (χ4v) is 2.30. The molecule has 7 nitrogen and oxygen atoms in total. The van der Waals surface area contributed by atoms with Gasteiger partial charge in [0.1, 0.15) is 18.3 Å². The van der Waals surface area contributed by atoms with E-state index in [1.54, 1.807) is 6.92 Å². The van der Waals surface area contributed by atoms with Crippen molar-refractivity contribution in [1.82, 2.24) is 14.7 Å². The Labute approximate surface area is 131 Å². The number of carbonyl (C=O) groups is 1. The van der Waals surface area contributed by atoms with Gasteiger partial charge in [-0.15, -0.1) is 0 Å². The van der Waals surface area contributed by atoms with Gasteiger partial charge in [-0.25, -0.2) is 4.98 Å². The average molecular weight is 312 g/mol. The second-order valence-corrected chi connectivity index (χ2v) is 5.47. The van der Waals surface area contributed by atoms with Crippen molar-refractivity contribution in [2.75, 3.05) is 5.32 Å². The molecule has 2 heterocycles. The highest BCUT2D eigenvalue weighted by molar-refractivity contribution is 5.90. The lowest BCUT2D eigenvalue weighted by atomic mass is 10.1. The van der Waals surface area contributed by atoms with Gasteiger partial charge in [0.25, 0.3) is 11.3 Å². The van der Waals surface area contributed by atoms with Crippen molar-refractivity contribution in [2.45, 2.75) is 27.3 Å². The molecule has 7 heteroatoms. The van der Waals surface area contributed by atoms with E-state index in [4.69, 9.17) is 4.52 Å². The Balaban J connectivity index is 1.82. The zero-order valence-corrected chi connectivity index (χ0v) is 13.1. The average Bonchev–Trinajstić information content (AvgIpc) is 2.88. The fourth-order valence-electron chi connectivity index (χ4n) is 2.30. The smallest absolute Gasteiger partial charge is 0.267 e. The van der Waals surface area contributed by atoms with Gasteiger partial charge in [0.05, 0.1) is 5.69 Å². The first-order valence-corrected chi connectivity index (χ1v) is 7.14. The van der Waals surface area contributed by atoms with Gasteiger partial charge < -0.3 is 9.84 Å². The second kappa shape index (κ2) is 5.68. The molecule has 0 bridgehead atoms. The highest BCUT2D eigenvalue weighted by Crippen LogP contribution is 2.14. The zero-order chi connectivity index (χ0) is 16.6. The number of nitrogens with one attached hydrogen (secondary N) is 1. The molecule has 0 saturated heterocycles. The van der Waals surface area contributed by atoms with E-state index in [1.807, 2.05) is 32.0 Å². The van der Waals surface area contributed by atoms with Crippen molar-refractivity contribution >= 4 is 22.7 Å². The van der Waals surface area contributed by atoms with Crippen LogP contribution in [0.5, 0.6) is 0 Å². The SMILES string of the molecule is Cc1ccc(NC(=O)Cn2cnc3onc(C)c3c2=O)cc1C. The number of carbonyl (C=O) groups excluding carboxylic acids is 1. The number of aromatic nitrogens is 3. The quantitative estimate of drug-likeness (QED) is 0.798. The van der Waals surface area contributed by atoms with Gasteiger partial charge in [-0.2, -0.15) is 0 Å². The maximum atomic E-state index is 12.3. The topological polar surface area (TPSA) is 90.0 Å². The molecule has 0 atom stereocenters. The molecule has 0 unspecified atom stereocenters. The van der Waals surface area contributed by atoms with Crippen molar-refractivity contribution in [1.29, 1.82) is 0 Å². The molecule has 23 heavy (non-hydrogen) atoms. The summed E-state index contributed by atoms with van der Waals surface area (Å²) in [5, 5.41) is 6.79. The predicted molar refractivity (Wildman–Crippen MR) is 85.3 cm³/mol. The summed E-state index contributed by atoms with van der Waals surface area (Å²) in [6.07, 6.45) is 1.29. The van der Waals surface area contributed by atoms with E-state index in [-0.39, 0.29) is 23.7 Å². The number of benzene rings is 1. The number of amides is 1. The number of aryl methyl sites for hydroxylation is 3. The maximum absolute atomic E-state index is 12.3. The number of hydrogen-bond acceptors (Lipinski definition) is 5. The molecule has 0 saturated carbocycles. The lowest BCUT2D eigenvalue weighted by molar-refractivity contribution is -0.116. The van der Waals surface area contributed by atoms with Gasteiger partial charge in [0.15, 0.2) is 0 Å². The molecule has 0 aliphatic carbocycles. The molecule has 0 fully saturated rings. The van der Waals surface area contributed by atoms with Crippen LogP contribution in [0.2, 0.25) is 0 Å². The summed E-state index contributed by atoms with van der Waals surface area (Å²) < 4.78 is 6.17. The van der Waals surface area contributed by atoms with Crippen LogP contribution in [0.25, 0.3) is 11.1 Å². The Hall–Kier alpha value is -2.96. The third kappa shape index (κ3) is 2.85. The fraction of sp³-hybridized carbons (Fsp3) is 0.250. The monoisotopic (exact) mass is 312 g/mol. The van der Waals surface area contributed by atoms with Gasteiger partial charge in [0.2, 0.25) is 5.91 Å². The van der Waals surface area contributed by atoms with Gasteiger partial charge in [-0.3, -0.25) is 14.2 Å². The Morgan fingerprint density at radius 2 is 2.04 bits per heavy atom. The van der Waals surface area contributed by atoms with Crippen LogP contribution in [0, 0.1) is 20.8 Å². The van der Waals surface area contributed by atoms with Crippen molar-refractivity contribution in [3.63, 3.8) is 0 Å². The van der Waals surface area contributed by atoms with Gasteiger partial charge >= 0.3 is 0 Å². The van der Waals surface area contributed by atoms with Crippen LogP contribution < -0.4 is 10.9 Å². The molecule has 3 rings (SSSR count). The summed E-state index contributed by atoms with van der Waals surface area (Å²) >= 11 is 0. The Morgan fingerprint density at radius 1 is 1.26 bits per heavy atom. The van der Waals surface area contributed by atoms with Crippen LogP contribution in [0.4, 0.5) is 5.69 Å². The van der Waals surface area contributed by atoms with Gasteiger partial charge in [-0.05, 0) is 44.0 Å². The molecule has 1 N–H and O–H groups in total. The molecule has 0 spiro atoms. The molecule has 0 aliphatic heterocycles. The zero-order valence-electron chi connectivity index (χ0n) is 13.1. The largest absolute Gasteiger partial charge is 0.335 e. The van der Waals surface area contributed by atoms with Crippen LogP contribution in [-0.2, 0) is 11.3 Å². The molecular weight excluding hydrogens is 296 g/mol. The number of anilines is 1. The van der Waals surface area contributed by atoms with E-state index in [2.05, 4.69) is 15.5 Å². The van der Waals surface area contributed by atoms with E-state index >= 15 is 0 Å². The van der Waals surface area contributed by atoms with E-state index in [0.29, 0.717) is 16.8 Å². The summed E-state index contributed by atoms with van der Waals surface area (Å²) in [5.74, 6) is -0.300. The highest BCUT2D eigenvalue weighted by atomic mass is 16.5. The normalized spacial score (nSPS) is 10.9. The third-order valence-electron chi connectivity index (χ3n) is 3.74. The predicted octanol–water partition coefficient (Wildman–Crippen LogP) is 1.95. The Morgan fingerprint density at radius 3 is 2.78 bits per heavy atom. The minimum atomic E-state index is -0.344. The van der Waals surface area contributed by atoms with Crippen LogP contribution in [-0.4, -0.2) is 20.6 Å². The summed E-state index contributed by atoms with van der Waals surface area (Å²) in [5.41, 5.74) is 3.23. The summed E-state index contributed by atoms with van der Waals surface area (Å²) in [6, 6.07) is 5.65. The minimum Gasteiger partial charge on any atom is -0.335 e. The van der Waals surface area contributed by atoms with Crippen LogP contribution >= 0.6 is 0 Å². The first kappa shape index (κ1) is 15.0. The number of nitrogens with zero attached hydrogens (tertiary/aromatic N) is 3. The number of hydrogen-bond donors (Lipinski definition) is 1. The van der Waals surface area contributed by atoms with Crippen molar-refractivity contribution < 1.29 is 9.32 Å². The van der Waals surface area contributed by atoms with Crippen molar-refractivity contribution in [3.05, 3.63) is 51.7 Å². The number of fused-ring (bicyclic) bond motifs is 1. The molecule has 118 valence electrons. The van der Waals surface area contributed by atoms with Crippen molar-refractivity contribution in [3.8, 4) is 0 Å². The standard InChI is InChI=1S/C16H16N4O3/c1-9-4-5-12(6-10(9)2)18-13(21)7-20-8-17-15-14(16(20)22)11(3)19-23-15/h4-6,8H,7H2,1-3H3,(H,18,21). The first-order chi connectivity index (χ1) is 11.0. The molecule has 3 aromatic rings. The summed E-state index contributed by atoms with van der Waals surface area (Å²) in [4.78, 5) is 28.5. The number of rotatable bonds is 3. The van der Waals surface area contributed by atoms with E-state index in [9.17, 15) is 9.59 Å². The summed E-state index contributed by atoms with van der Waals surface area (Å²) in [7, 11) is 0. The molecule has 1 aromatic carbocycles. The Bertz CT molecular complexity index is 956. The molecule has 0 aliphatic rings. The van der Waals surface area contributed by atoms with Crippen LogP contribution in [0.3, 0.4) is 0 Å². The second-order valence-electron chi connectivity index (χ2n) is 5.47. The van der Waals surface area contributed by atoms with Crippen molar-refractivity contribution in [2.24, 2.45) is 0 Å².